The first-order valence-electron chi connectivity index (χ1n) is 8.15. The largest absolute Gasteiger partial charge is 0.355 e. The molecule has 1 aromatic rings. The van der Waals surface area contributed by atoms with Gasteiger partial charge in [0, 0.05) is 24.0 Å². The SMILES string of the molecule is CC(CNC(=O)CC(C)(C)c1ccc(Cl)cc1)N1CCCC1. The number of halogens is 1. The summed E-state index contributed by atoms with van der Waals surface area (Å²) in [5.41, 5.74) is 0.950. The number of hydrogen-bond donors (Lipinski definition) is 1. The van der Waals surface area contributed by atoms with E-state index in [1.165, 1.54) is 12.8 Å². The minimum atomic E-state index is -0.189. The Balaban J connectivity index is 1.83. The lowest BCUT2D eigenvalue weighted by atomic mass is 9.81. The Hall–Kier alpha value is -1.06. The smallest absolute Gasteiger partial charge is 0.220 e. The second kappa shape index (κ2) is 7.47. The summed E-state index contributed by atoms with van der Waals surface area (Å²) in [5, 5.41) is 3.82. The molecule has 1 amide bonds. The molecule has 1 heterocycles. The lowest BCUT2D eigenvalue weighted by Gasteiger charge is -2.27. The predicted molar refractivity (Wildman–Crippen MR) is 92.4 cm³/mol. The van der Waals surface area contributed by atoms with Gasteiger partial charge in [-0.1, -0.05) is 37.6 Å². The highest BCUT2D eigenvalue weighted by Gasteiger charge is 2.25. The zero-order valence-corrected chi connectivity index (χ0v) is 14.6. The molecule has 0 spiro atoms. The van der Waals surface area contributed by atoms with Crippen molar-refractivity contribution >= 4 is 17.5 Å². The molecule has 1 N–H and O–H groups in total. The van der Waals surface area contributed by atoms with Crippen LogP contribution in [-0.2, 0) is 10.2 Å². The summed E-state index contributed by atoms with van der Waals surface area (Å²) >= 11 is 5.93. The van der Waals surface area contributed by atoms with Crippen molar-refractivity contribution < 1.29 is 4.79 Å². The molecule has 22 heavy (non-hydrogen) atoms. The van der Waals surface area contributed by atoms with Gasteiger partial charge in [0.2, 0.25) is 5.91 Å². The highest BCUT2D eigenvalue weighted by Crippen LogP contribution is 2.28. The van der Waals surface area contributed by atoms with E-state index < -0.39 is 0 Å². The van der Waals surface area contributed by atoms with Crippen LogP contribution in [0.15, 0.2) is 24.3 Å². The Labute approximate surface area is 139 Å². The number of hydrogen-bond acceptors (Lipinski definition) is 2. The van der Waals surface area contributed by atoms with Crippen molar-refractivity contribution in [3.63, 3.8) is 0 Å². The van der Waals surface area contributed by atoms with E-state index >= 15 is 0 Å². The molecule has 1 fully saturated rings. The molecule has 0 saturated carbocycles. The molecule has 122 valence electrons. The number of nitrogens with one attached hydrogen (secondary N) is 1. The van der Waals surface area contributed by atoms with Gasteiger partial charge < -0.3 is 5.32 Å². The van der Waals surface area contributed by atoms with Gasteiger partial charge >= 0.3 is 0 Å². The van der Waals surface area contributed by atoms with Gasteiger partial charge in [0.05, 0.1) is 0 Å². The summed E-state index contributed by atoms with van der Waals surface area (Å²) in [7, 11) is 0. The number of carbonyl (C=O) groups is 1. The van der Waals surface area contributed by atoms with Gasteiger partial charge in [0.15, 0.2) is 0 Å². The van der Waals surface area contributed by atoms with Crippen LogP contribution in [0.2, 0.25) is 5.02 Å². The van der Waals surface area contributed by atoms with E-state index in [2.05, 4.69) is 31.0 Å². The third kappa shape index (κ3) is 4.72. The lowest BCUT2D eigenvalue weighted by Crippen LogP contribution is -2.42. The third-order valence-corrected chi connectivity index (χ3v) is 4.84. The van der Waals surface area contributed by atoms with Gasteiger partial charge in [0.25, 0.3) is 0 Å². The number of benzene rings is 1. The summed E-state index contributed by atoms with van der Waals surface area (Å²) in [6.45, 7) is 9.44. The van der Waals surface area contributed by atoms with Gasteiger partial charge in [0.1, 0.15) is 0 Å². The van der Waals surface area contributed by atoms with Crippen molar-refractivity contribution in [3.05, 3.63) is 34.9 Å². The molecule has 1 aliphatic heterocycles. The molecule has 1 atom stereocenters. The van der Waals surface area contributed by atoms with Crippen molar-refractivity contribution in [2.75, 3.05) is 19.6 Å². The fourth-order valence-corrected chi connectivity index (χ4v) is 3.17. The van der Waals surface area contributed by atoms with Crippen LogP contribution in [0.1, 0.15) is 45.6 Å². The van der Waals surface area contributed by atoms with Gasteiger partial charge in [-0.2, -0.15) is 0 Å². The fraction of sp³-hybridized carbons (Fsp3) is 0.611. The van der Waals surface area contributed by atoms with Crippen molar-refractivity contribution in [3.8, 4) is 0 Å². The second-order valence-electron chi connectivity index (χ2n) is 6.96. The van der Waals surface area contributed by atoms with Crippen LogP contribution < -0.4 is 5.32 Å². The molecule has 1 aromatic carbocycles. The maximum absolute atomic E-state index is 12.3. The van der Waals surface area contributed by atoms with E-state index in [0.717, 1.165) is 30.2 Å². The first kappa shape index (κ1) is 17.3. The molecule has 2 rings (SSSR count). The Morgan fingerprint density at radius 2 is 1.86 bits per heavy atom. The molecule has 3 nitrogen and oxygen atoms in total. The Bertz CT molecular complexity index is 492. The van der Waals surface area contributed by atoms with E-state index in [9.17, 15) is 4.79 Å². The zero-order valence-electron chi connectivity index (χ0n) is 13.9. The number of likely N-dealkylation sites (tertiary alicyclic amines) is 1. The first-order valence-corrected chi connectivity index (χ1v) is 8.53. The van der Waals surface area contributed by atoms with Gasteiger partial charge in [-0.25, -0.2) is 0 Å². The van der Waals surface area contributed by atoms with Gasteiger partial charge in [-0.05, 0) is 56.0 Å². The third-order valence-electron chi connectivity index (χ3n) is 4.59. The topological polar surface area (TPSA) is 32.3 Å². The van der Waals surface area contributed by atoms with E-state index in [1.807, 2.05) is 24.3 Å². The Morgan fingerprint density at radius 3 is 2.45 bits per heavy atom. The molecule has 0 bridgehead atoms. The Kier molecular flexibility index (Phi) is 5.87. The summed E-state index contributed by atoms with van der Waals surface area (Å²) in [4.78, 5) is 14.7. The standard InChI is InChI=1S/C18H27ClN2O/c1-14(21-10-4-5-11-21)13-20-17(22)12-18(2,3)15-6-8-16(19)9-7-15/h6-9,14H,4-5,10-13H2,1-3H3,(H,20,22). The molecule has 1 aliphatic rings. The summed E-state index contributed by atoms with van der Waals surface area (Å²) < 4.78 is 0. The lowest BCUT2D eigenvalue weighted by molar-refractivity contribution is -0.122. The van der Waals surface area contributed by atoms with Gasteiger partial charge in [-0.3, -0.25) is 9.69 Å². The molecule has 0 aliphatic carbocycles. The minimum absolute atomic E-state index is 0.117. The summed E-state index contributed by atoms with van der Waals surface area (Å²) in [6.07, 6.45) is 3.05. The van der Waals surface area contributed by atoms with Crippen LogP contribution in [0.4, 0.5) is 0 Å². The second-order valence-corrected chi connectivity index (χ2v) is 7.40. The van der Waals surface area contributed by atoms with Crippen molar-refractivity contribution in [1.82, 2.24) is 10.2 Å². The van der Waals surface area contributed by atoms with Crippen LogP contribution in [0, 0.1) is 0 Å². The molecule has 1 saturated heterocycles. The van der Waals surface area contributed by atoms with E-state index in [-0.39, 0.29) is 11.3 Å². The van der Waals surface area contributed by atoms with Crippen molar-refractivity contribution in [1.29, 1.82) is 0 Å². The molecule has 0 aromatic heterocycles. The van der Waals surface area contributed by atoms with Crippen LogP contribution in [0.25, 0.3) is 0 Å². The number of carbonyl (C=O) groups excluding carboxylic acids is 1. The predicted octanol–water partition coefficient (Wildman–Crippen LogP) is 3.61. The van der Waals surface area contributed by atoms with Crippen LogP contribution in [-0.4, -0.2) is 36.5 Å². The number of rotatable bonds is 6. The van der Waals surface area contributed by atoms with E-state index in [4.69, 9.17) is 11.6 Å². The van der Waals surface area contributed by atoms with Crippen LogP contribution in [0.3, 0.4) is 0 Å². The van der Waals surface area contributed by atoms with Crippen LogP contribution in [0.5, 0.6) is 0 Å². The Morgan fingerprint density at radius 1 is 1.27 bits per heavy atom. The average molecular weight is 323 g/mol. The average Bonchev–Trinajstić information content (AvgIpc) is 2.99. The van der Waals surface area contributed by atoms with Crippen molar-refractivity contribution in [2.45, 2.75) is 51.5 Å². The molecular weight excluding hydrogens is 296 g/mol. The maximum Gasteiger partial charge on any atom is 0.220 e. The number of nitrogens with zero attached hydrogens (tertiary/aromatic N) is 1. The highest BCUT2D eigenvalue weighted by atomic mass is 35.5. The molecular formula is C18H27ClN2O. The van der Waals surface area contributed by atoms with Crippen LogP contribution >= 0.6 is 11.6 Å². The maximum atomic E-state index is 12.3. The summed E-state index contributed by atoms with van der Waals surface area (Å²) in [5.74, 6) is 0.117. The monoisotopic (exact) mass is 322 g/mol. The first-order chi connectivity index (χ1) is 10.4. The van der Waals surface area contributed by atoms with Crippen molar-refractivity contribution in [2.24, 2.45) is 0 Å². The summed E-state index contributed by atoms with van der Waals surface area (Å²) in [6, 6.07) is 8.19. The zero-order chi connectivity index (χ0) is 16.2. The van der Waals surface area contributed by atoms with Gasteiger partial charge in [-0.15, -0.1) is 0 Å². The molecule has 1 unspecified atom stereocenters. The molecule has 4 heteroatoms. The quantitative estimate of drug-likeness (QED) is 0.867. The minimum Gasteiger partial charge on any atom is -0.355 e. The normalized spacial score (nSPS) is 17.5. The van der Waals surface area contributed by atoms with E-state index in [1.54, 1.807) is 0 Å². The highest BCUT2D eigenvalue weighted by molar-refractivity contribution is 6.30. The fourth-order valence-electron chi connectivity index (χ4n) is 3.04. The number of amides is 1. The van der Waals surface area contributed by atoms with E-state index in [0.29, 0.717) is 12.5 Å². The molecule has 0 radical (unpaired) electrons.